The molecule has 0 aliphatic carbocycles. The first-order valence-corrected chi connectivity index (χ1v) is 13.1. The van der Waals surface area contributed by atoms with Crippen molar-refractivity contribution in [3.8, 4) is 0 Å². The zero-order chi connectivity index (χ0) is 25.8. The molecule has 184 valence electrons. The molecule has 0 N–H and O–H groups in total. The van der Waals surface area contributed by atoms with Crippen LogP contribution in [0.15, 0.2) is 65.1 Å². The maximum Gasteiger partial charge on any atom is 0.494 e. The highest BCUT2D eigenvalue weighted by Crippen LogP contribution is 2.41. The predicted molar refractivity (Wildman–Crippen MR) is 153 cm³/mol. The van der Waals surface area contributed by atoms with Crippen molar-refractivity contribution in [2.75, 3.05) is 4.90 Å². The van der Waals surface area contributed by atoms with Gasteiger partial charge in [-0.05, 0) is 106 Å². The standard InChI is InChI=1S/C30H37BBrNO2/c1-20-18-22(28(3,4)5)19-21(2)27(20)33(26-16-12-24(32)13-17-26)25-14-10-23(11-15-25)31-34-29(6,7)30(8,9)35-31/h10-19H,1-9H3. The van der Waals surface area contributed by atoms with E-state index in [4.69, 9.17) is 9.31 Å². The van der Waals surface area contributed by atoms with Gasteiger partial charge in [-0.3, -0.25) is 0 Å². The Morgan fingerprint density at radius 2 is 1.17 bits per heavy atom. The van der Waals surface area contributed by atoms with Gasteiger partial charge in [0.2, 0.25) is 0 Å². The Morgan fingerprint density at radius 1 is 0.743 bits per heavy atom. The molecule has 1 heterocycles. The summed E-state index contributed by atoms with van der Waals surface area (Å²) in [4.78, 5) is 2.34. The lowest BCUT2D eigenvalue weighted by Crippen LogP contribution is -2.41. The highest BCUT2D eigenvalue weighted by molar-refractivity contribution is 9.10. The van der Waals surface area contributed by atoms with Crippen molar-refractivity contribution in [3.05, 3.63) is 81.8 Å². The van der Waals surface area contributed by atoms with Gasteiger partial charge in [0.05, 0.1) is 16.9 Å². The molecule has 35 heavy (non-hydrogen) atoms. The third kappa shape index (κ3) is 5.09. The summed E-state index contributed by atoms with van der Waals surface area (Å²) in [5.41, 5.74) is 7.70. The smallest absolute Gasteiger partial charge is 0.399 e. The van der Waals surface area contributed by atoms with Crippen molar-refractivity contribution < 1.29 is 9.31 Å². The van der Waals surface area contributed by atoms with E-state index in [1.54, 1.807) is 0 Å². The van der Waals surface area contributed by atoms with Gasteiger partial charge in [0.25, 0.3) is 0 Å². The number of rotatable bonds is 4. The number of aryl methyl sites for hydroxylation is 2. The third-order valence-electron chi connectivity index (χ3n) is 7.34. The van der Waals surface area contributed by atoms with Crippen molar-refractivity contribution in [1.29, 1.82) is 0 Å². The number of hydrogen-bond donors (Lipinski definition) is 0. The van der Waals surface area contributed by atoms with Crippen molar-refractivity contribution in [2.45, 2.75) is 78.9 Å². The van der Waals surface area contributed by atoms with Crippen molar-refractivity contribution >= 4 is 45.6 Å². The van der Waals surface area contributed by atoms with E-state index in [-0.39, 0.29) is 23.7 Å². The van der Waals surface area contributed by atoms with E-state index in [2.05, 4.69) is 144 Å². The van der Waals surface area contributed by atoms with Crippen LogP contribution in [0.3, 0.4) is 0 Å². The molecule has 0 aromatic heterocycles. The van der Waals surface area contributed by atoms with Crippen molar-refractivity contribution in [2.24, 2.45) is 0 Å². The number of halogens is 1. The summed E-state index contributed by atoms with van der Waals surface area (Å²) in [6.45, 7) is 19.6. The maximum atomic E-state index is 6.28. The fourth-order valence-electron chi connectivity index (χ4n) is 4.50. The Bertz CT molecular complexity index is 1170. The lowest BCUT2D eigenvalue weighted by atomic mass is 9.79. The van der Waals surface area contributed by atoms with Crippen molar-refractivity contribution in [3.63, 3.8) is 0 Å². The van der Waals surface area contributed by atoms with Crippen molar-refractivity contribution in [1.82, 2.24) is 0 Å². The molecule has 0 unspecified atom stereocenters. The Morgan fingerprint density at radius 3 is 1.60 bits per heavy atom. The van der Waals surface area contributed by atoms with Crippen LogP contribution >= 0.6 is 15.9 Å². The molecule has 1 fully saturated rings. The second kappa shape index (κ2) is 9.10. The molecule has 0 amide bonds. The summed E-state index contributed by atoms with van der Waals surface area (Å²) >= 11 is 3.59. The number of nitrogens with zero attached hydrogens (tertiary/aromatic N) is 1. The summed E-state index contributed by atoms with van der Waals surface area (Å²) < 4.78 is 13.6. The third-order valence-corrected chi connectivity index (χ3v) is 7.87. The molecule has 0 radical (unpaired) electrons. The van der Waals surface area contributed by atoms with Crippen LogP contribution in [-0.4, -0.2) is 18.3 Å². The van der Waals surface area contributed by atoms with Gasteiger partial charge in [-0.25, -0.2) is 0 Å². The molecule has 0 spiro atoms. The van der Waals surface area contributed by atoms with Gasteiger partial charge in [-0.2, -0.15) is 0 Å². The van der Waals surface area contributed by atoms with Gasteiger partial charge in [0.1, 0.15) is 0 Å². The van der Waals surface area contributed by atoms with Gasteiger partial charge >= 0.3 is 7.12 Å². The molecule has 3 aromatic rings. The zero-order valence-corrected chi connectivity index (χ0v) is 24.1. The van der Waals surface area contributed by atoms with Crippen LogP contribution in [0.25, 0.3) is 0 Å². The van der Waals surface area contributed by atoms with Gasteiger partial charge in [-0.1, -0.05) is 61.0 Å². The first-order valence-electron chi connectivity index (χ1n) is 12.3. The van der Waals surface area contributed by atoms with Gasteiger partial charge in [0, 0.05) is 15.8 Å². The minimum atomic E-state index is -0.371. The first-order chi connectivity index (χ1) is 16.2. The number of hydrogen-bond acceptors (Lipinski definition) is 3. The quantitative estimate of drug-likeness (QED) is 0.316. The Balaban J connectivity index is 1.78. The van der Waals surface area contributed by atoms with E-state index in [0.717, 1.165) is 21.3 Å². The van der Waals surface area contributed by atoms with Crippen LogP contribution in [0.2, 0.25) is 0 Å². The largest absolute Gasteiger partial charge is 0.494 e. The molecule has 0 bridgehead atoms. The minimum Gasteiger partial charge on any atom is -0.399 e. The molecule has 1 aliphatic rings. The van der Waals surface area contributed by atoms with Crippen LogP contribution in [0.1, 0.15) is 65.2 Å². The van der Waals surface area contributed by atoms with Crippen LogP contribution < -0.4 is 10.4 Å². The predicted octanol–water partition coefficient (Wildman–Crippen LogP) is 8.13. The molecule has 0 saturated carbocycles. The summed E-state index contributed by atoms with van der Waals surface area (Å²) in [5.74, 6) is 0. The lowest BCUT2D eigenvalue weighted by molar-refractivity contribution is 0.00578. The van der Waals surface area contributed by atoms with Gasteiger partial charge in [-0.15, -0.1) is 0 Å². The summed E-state index contributed by atoms with van der Waals surface area (Å²) in [5, 5.41) is 0. The molecule has 5 heteroatoms. The van der Waals surface area contributed by atoms with Crippen LogP contribution in [0, 0.1) is 13.8 Å². The highest BCUT2D eigenvalue weighted by atomic mass is 79.9. The van der Waals surface area contributed by atoms with Gasteiger partial charge in [0.15, 0.2) is 0 Å². The maximum absolute atomic E-state index is 6.28. The molecule has 3 aromatic carbocycles. The average Bonchev–Trinajstić information content (AvgIpc) is 2.98. The second-order valence-corrected chi connectivity index (χ2v) is 12.6. The van der Waals surface area contributed by atoms with E-state index in [9.17, 15) is 0 Å². The summed E-state index contributed by atoms with van der Waals surface area (Å²) in [7, 11) is -0.371. The molecule has 1 aliphatic heterocycles. The molecule has 0 atom stereocenters. The average molecular weight is 534 g/mol. The van der Waals surface area contributed by atoms with E-state index >= 15 is 0 Å². The Kier molecular flexibility index (Phi) is 6.76. The number of anilines is 3. The van der Waals surface area contributed by atoms with Gasteiger partial charge < -0.3 is 14.2 Å². The number of benzene rings is 3. The lowest BCUT2D eigenvalue weighted by Gasteiger charge is -2.32. The Hall–Kier alpha value is -2.08. The topological polar surface area (TPSA) is 21.7 Å². The molecular formula is C30H37BBrNO2. The van der Waals surface area contributed by atoms with Crippen LogP contribution in [0.5, 0.6) is 0 Å². The molecule has 3 nitrogen and oxygen atoms in total. The minimum absolute atomic E-state index is 0.0982. The molecular weight excluding hydrogens is 497 g/mol. The fraction of sp³-hybridized carbons (Fsp3) is 0.400. The fourth-order valence-corrected chi connectivity index (χ4v) is 4.76. The zero-order valence-electron chi connectivity index (χ0n) is 22.5. The normalized spacial score (nSPS) is 17.0. The Labute approximate surface area is 220 Å². The van der Waals surface area contributed by atoms with Crippen LogP contribution in [0.4, 0.5) is 17.1 Å². The summed E-state index contributed by atoms with van der Waals surface area (Å²) in [6.07, 6.45) is 0. The van der Waals surface area contributed by atoms with E-state index in [1.165, 1.54) is 22.4 Å². The van der Waals surface area contributed by atoms with Crippen LogP contribution in [-0.2, 0) is 14.7 Å². The molecule has 1 saturated heterocycles. The highest BCUT2D eigenvalue weighted by Gasteiger charge is 2.51. The second-order valence-electron chi connectivity index (χ2n) is 11.7. The van der Waals surface area contributed by atoms with E-state index in [1.807, 2.05) is 0 Å². The van der Waals surface area contributed by atoms with E-state index in [0.29, 0.717) is 0 Å². The van der Waals surface area contributed by atoms with E-state index < -0.39 is 0 Å². The molecule has 4 rings (SSSR count). The monoisotopic (exact) mass is 533 g/mol. The first kappa shape index (κ1) is 26.0. The SMILES string of the molecule is Cc1cc(C(C)(C)C)cc(C)c1N(c1ccc(Br)cc1)c1ccc(B2OC(C)(C)C(C)(C)O2)cc1. The summed E-state index contributed by atoms with van der Waals surface area (Å²) in [6, 6.07) is 21.7.